The Morgan fingerprint density at radius 1 is 1.00 bits per heavy atom. The lowest BCUT2D eigenvalue weighted by Gasteiger charge is -2.04. The van der Waals surface area contributed by atoms with E-state index in [4.69, 9.17) is 5.11 Å². The van der Waals surface area contributed by atoms with Crippen molar-refractivity contribution in [2.24, 2.45) is 0 Å². The second kappa shape index (κ2) is 5.62. The minimum atomic E-state index is -0.825. The van der Waals surface area contributed by atoms with Gasteiger partial charge in [0.15, 0.2) is 5.78 Å². The minimum Gasteiger partial charge on any atom is -0.508 e. The van der Waals surface area contributed by atoms with Crippen molar-refractivity contribution in [3.63, 3.8) is 0 Å². The Bertz CT molecular complexity index is 715. The van der Waals surface area contributed by atoms with Crippen molar-refractivity contribution >= 4 is 11.9 Å². The zero-order valence-electron chi connectivity index (χ0n) is 10.5. The molecule has 4 nitrogen and oxygen atoms in total. The van der Waals surface area contributed by atoms with Crippen molar-refractivity contribution in [3.05, 3.63) is 59.2 Å². The summed E-state index contributed by atoms with van der Waals surface area (Å²) in [5, 5.41) is 28.2. The van der Waals surface area contributed by atoms with Gasteiger partial charge in [0.1, 0.15) is 34.4 Å². The number of halogens is 2. The number of carbonyl (C=O) groups is 1. The normalized spacial score (nSPS) is 11.0. The molecule has 0 saturated carbocycles. The highest BCUT2D eigenvalue weighted by molar-refractivity contribution is 6.10. The molecule has 2 rings (SSSR count). The highest BCUT2D eigenvalue weighted by Gasteiger charge is 2.15. The second-order valence-corrected chi connectivity index (χ2v) is 4.22. The van der Waals surface area contributed by atoms with Gasteiger partial charge >= 0.3 is 0 Å². The lowest BCUT2D eigenvalue weighted by Crippen LogP contribution is -1.96. The summed E-state index contributed by atoms with van der Waals surface area (Å²) < 4.78 is 26.3. The zero-order chi connectivity index (χ0) is 15.6. The molecule has 2 aromatic rings. The quantitative estimate of drug-likeness (QED) is 0.600. The number of phenols is 3. The molecular weight excluding hydrogens is 282 g/mol. The molecule has 108 valence electrons. The number of benzene rings is 2. The van der Waals surface area contributed by atoms with Gasteiger partial charge in [0, 0.05) is 17.7 Å². The van der Waals surface area contributed by atoms with Crippen LogP contribution in [-0.2, 0) is 0 Å². The Morgan fingerprint density at radius 2 is 1.62 bits per heavy atom. The van der Waals surface area contributed by atoms with Crippen LogP contribution < -0.4 is 0 Å². The van der Waals surface area contributed by atoms with E-state index in [1.54, 1.807) is 0 Å². The van der Waals surface area contributed by atoms with Crippen LogP contribution in [0.15, 0.2) is 36.4 Å². The molecular formula is C15H10F2O4. The van der Waals surface area contributed by atoms with E-state index in [-0.39, 0.29) is 5.56 Å². The zero-order valence-corrected chi connectivity index (χ0v) is 10.5. The predicted octanol–water partition coefficient (Wildman–Crippen LogP) is 2.98. The van der Waals surface area contributed by atoms with E-state index >= 15 is 0 Å². The SMILES string of the molecule is O=C(/C=C/c1cc(F)ccc1F)c1c(O)cc(O)cc1O. The summed E-state index contributed by atoms with van der Waals surface area (Å²) in [5.41, 5.74) is -0.595. The Morgan fingerprint density at radius 3 is 2.24 bits per heavy atom. The first-order valence-electron chi connectivity index (χ1n) is 5.81. The number of hydrogen-bond acceptors (Lipinski definition) is 4. The molecule has 0 unspecified atom stereocenters. The fraction of sp³-hybridized carbons (Fsp3) is 0. The largest absolute Gasteiger partial charge is 0.508 e. The highest BCUT2D eigenvalue weighted by atomic mass is 19.1. The van der Waals surface area contributed by atoms with Gasteiger partial charge in [-0.3, -0.25) is 4.79 Å². The second-order valence-electron chi connectivity index (χ2n) is 4.22. The average molecular weight is 292 g/mol. The summed E-state index contributed by atoms with van der Waals surface area (Å²) in [7, 11) is 0. The van der Waals surface area contributed by atoms with Crippen LogP contribution in [0.25, 0.3) is 6.08 Å². The van der Waals surface area contributed by atoms with Crippen molar-refractivity contribution in [2.75, 3.05) is 0 Å². The summed E-state index contributed by atoms with van der Waals surface area (Å²) in [6.07, 6.45) is 1.90. The van der Waals surface area contributed by atoms with E-state index in [1.165, 1.54) is 0 Å². The van der Waals surface area contributed by atoms with Gasteiger partial charge in [-0.25, -0.2) is 8.78 Å². The van der Waals surface area contributed by atoms with Gasteiger partial charge in [-0.15, -0.1) is 0 Å². The van der Waals surface area contributed by atoms with Crippen LogP contribution in [0.5, 0.6) is 17.2 Å². The number of phenolic OH excluding ortho intramolecular Hbond substituents is 3. The Balaban J connectivity index is 2.34. The molecule has 3 N–H and O–H groups in total. The molecule has 0 saturated heterocycles. The van der Waals surface area contributed by atoms with Crippen molar-refractivity contribution in [2.45, 2.75) is 0 Å². The Labute approximate surface area is 118 Å². The molecule has 0 aliphatic carbocycles. The van der Waals surface area contributed by atoms with Gasteiger partial charge in [-0.1, -0.05) is 0 Å². The molecule has 0 aliphatic rings. The molecule has 0 atom stereocenters. The van der Waals surface area contributed by atoms with Gasteiger partial charge in [-0.2, -0.15) is 0 Å². The van der Waals surface area contributed by atoms with Gasteiger partial charge < -0.3 is 15.3 Å². The van der Waals surface area contributed by atoms with E-state index in [2.05, 4.69) is 0 Å². The Hall–Kier alpha value is -2.89. The third kappa shape index (κ3) is 3.17. The topological polar surface area (TPSA) is 77.8 Å². The summed E-state index contributed by atoms with van der Waals surface area (Å²) in [5.74, 6) is -3.88. The van der Waals surface area contributed by atoms with Crippen molar-refractivity contribution in [1.82, 2.24) is 0 Å². The number of hydrogen-bond donors (Lipinski definition) is 3. The summed E-state index contributed by atoms with van der Waals surface area (Å²) in [6, 6.07) is 4.50. The van der Waals surface area contributed by atoms with Crippen LogP contribution in [-0.4, -0.2) is 21.1 Å². The fourth-order valence-corrected chi connectivity index (χ4v) is 1.74. The highest BCUT2D eigenvalue weighted by Crippen LogP contribution is 2.32. The van der Waals surface area contributed by atoms with Gasteiger partial charge in [0.05, 0.1) is 0 Å². The van der Waals surface area contributed by atoms with Crippen LogP contribution in [0, 0.1) is 11.6 Å². The first-order valence-corrected chi connectivity index (χ1v) is 5.81. The van der Waals surface area contributed by atoms with Crippen LogP contribution in [0.1, 0.15) is 15.9 Å². The maximum atomic E-state index is 13.4. The summed E-state index contributed by atoms with van der Waals surface area (Å²) in [4.78, 5) is 11.9. The van der Waals surface area contributed by atoms with Crippen LogP contribution in [0.4, 0.5) is 8.78 Å². The number of allylic oxidation sites excluding steroid dienone is 1. The van der Waals surface area contributed by atoms with Crippen molar-refractivity contribution < 1.29 is 28.9 Å². The van der Waals surface area contributed by atoms with Gasteiger partial charge in [0.25, 0.3) is 0 Å². The fourth-order valence-electron chi connectivity index (χ4n) is 1.74. The minimum absolute atomic E-state index is 0.152. The molecule has 0 spiro atoms. The van der Waals surface area contributed by atoms with Crippen molar-refractivity contribution in [1.29, 1.82) is 0 Å². The number of carbonyl (C=O) groups excluding carboxylic acids is 1. The first kappa shape index (κ1) is 14.5. The third-order valence-corrected chi connectivity index (χ3v) is 2.70. The summed E-state index contributed by atoms with van der Waals surface area (Å²) >= 11 is 0. The van der Waals surface area contributed by atoms with Crippen LogP contribution >= 0.6 is 0 Å². The van der Waals surface area contributed by atoms with E-state index < -0.39 is 40.2 Å². The van der Waals surface area contributed by atoms with E-state index in [1.807, 2.05) is 0 Å². The standard InChI is InChI=1S/C15H10F2O4/c16-9-2-3-11(17)8(5-9)1-4-12(19)15-13(20)6-10(18)7-14(15)21/h1-7,18,20-21H/b4-1+. The van der Waals surface area contributed by atoms with Crippen LogP contribution in [0.2, 0.25) is 0 Å². The molecule has 0 bridgehead atoms. The molecule has 6 heteroatoms. The van der Waals surface area contributed by atoms with Crippen molar-refractivity contribution in [3.8, 4) is 17.2 Å². The number of aromatic hydroxyl groups is 3. The van der Waals surface area contributed by atoms with Gasteiger partial charge in [-0.05, 0) is 30.4 Å². The molecule has 0 heterocycles. The molecule has 2 aromatic carbocycles. The molecule has 0 aromatic heterocycles. The number of rotatable bonds is 3. The third-order valence-electron chi connectivity index (χ3n) is 2.70. The van der Waals surface area contributed by atoms with E-state index in [9.17, 15) is 23.8 Å². The van der Waals surface area contributed by atoms with Crippen LogP contribution in [0.3, 0.4) is 0 Å². The van der Waals surface area contributed by atoms with E-state index in [0.717, 1.165) is 42.5 Å². The van der Waals surface area contributed by atoms with E-state index in [0.29, 0.717) is 0 Å². The summed E-state index contributed by atoms with van der Waals surface area (Å²) in [6.45, 7) is 0. The molecule has 21 heavy (non-hydrogen) atoms. The maximum absolute atomic E-state index is 13.4. The molecule has 0 radical (unpaired) electrons. The molecule has 0 aliphatic heterocycles. The molecule has 0 amide bonds. The first-order chi connectivity index (χ1) is 9.88. The predicted molar refractivity (Wildman–Crippen MR) is 71.2 cm³/mol. The monoisotopic (exact) mass is 292 g/mol. The lowest BCUT2D eigenvalue weighted by atomic mass is 10.1. The lowest BCUT2D eigenvalue weighted by molar-refractivity contribution is 0.104. The Kier molecular flexibility index (Phi) is 3.89. The maximum Gasteiger partial charge on any atom is 0.193 e. The molecule has 0 fully saturated rings. The van der Waals surface area contributed by atoms with Gasteiger partial charge in [0.2, 0.25) is 0 Å². The number of ketones is 1. The smallest absolute Gasteiger partial charge is 0.193 e. The average Bonchev–Trinajstić information content (AvgIpc) is 2.38.